The lowest BCUT2D eigenvalue weighted by molar-refractivity contribution is 0.112. The lowest BCUT2D eigenvalue weighted by Crippen LogP contribution is -2.00. The zero-order chi connectivity index (χ0) is 18.4. The van der Waals surface area contributed by atoms with Crippen molar-refractivity contribution in [3.05, 3.63) is 45.0 Å². The van der Waals surface area contributed by atoms with Crippen LogP contribution in [0.25, 0.3) is 0 Å². The van der Waals surface area contributed by atoms with Gasteiger partial charge in [0.2, 0.25) is 0 Å². The molecule has 0 unspecified atom stereocenters. The smallest absolute Gasteiger partial charge is 0.154 e. The Morgan fingerprint density at radius 3 is 2.38 bits per heavy atom. The number of hydrogen-bond acceptors (Lipinski definition) is 4. The Hall–Kier alpha value is -1.78. The molecular formula is C19H25ClO4. The third-order valence-corrected chi connectivity index (χ3v) is 4.67. The Morgan fingerprint density at radius 2 is 1.83 bits per heavy atom. The molecule has 132 valence electrons. The van der Waals surface area contributed by atoms with Crippen molar-refractivity contribution >= 4 is 17.9 Å². The number of aldehydes is 1. The average molecular weight is 353 g/mol. The number of rotatable bonds is 7. The van der Waals surface area contributed by atoms with Gasteiger partial charge in [0.15, 0.2) is 6.29 Å². The number of benzene rings is 1. The highest BCUT2D eigenvalue weighted by Gasteiger charge is 2.19. The first-order valence-electron chi connectivity index (χ1n) is 7.89. The molecule has 0 amide bonds. The van der Waals surface area contributed by atoms with Gasteiger partial charge in [-0.3, -0.25) is 4.79 Å². The predicted octanol–water partition coefficient (Wildman–Crippen LogP) is 4.47. The summed E-state index contributed by atoms with van der Waals surface area (Å²) in [6.45, 7) is 7.14. The molecule has 0 aliphatic heterocycles. The summed E-state index contributed by atoms with van der Waals surface area (Å²) in [5.41, 5.74) is 2.73. The van der Waals surface area contributed by atoms with Crippen molar-refractivity contribution in [2.75, 3.05) is 0 Å². The summed E-state index contributed by atoms with van der Waals surface area (Å²) in [6.07, 6.45) is 5.85. The standard InChI is InChI=1S/C19H25ClO4/c1-11(6-5-7-12(2)14(4)22)8-9-15-18(23)16(10-21)13(3)17(20)19(15)24/h7-8,10,14,22-24H,5-6,9H2,1-4H3/b11-8+,12-7+/t14-/m0/s1. The second-order valence-electron chi connectivity index (χ2n) is 6.06. The maximum absolute atomic E-state index is 11.1. The molecule has 0 fully saturated rings. The van der Waals surface area contributed by atoms with Gasteiger partial charge in [0.25, 0.3) is 0 Å². The van der Waals surface area contributed by atoms with E-state index in [1.165, 1.54) is 0 Å². The lowest BCUT2D eigenvalue weighted by Gasteiger charge is -2.13. The van der Waals surface area contributed by atoms with E-state index in [4.69, 9.17) is 11.6 Å². The van der Waals surface area contributed by atoms with Crippen LogP contribution in [0, 0.1) is 6.92 Å². The molecule has 0 saturated carbocycles. The second kappa shape index (κ2) is 8.90. The van der Waals surface area contributed by atoms with Gasteiger partial charge in [-0.15, -0.1) is 0 Å². The number of phenols is 2. The van der Waals surface area contributed by atoms with E-state index < -0.39 is 6.10 Å². The Bertz CT molecular complexity index is 673. The van der Waals surface area contributed by atoms with Crippen molar-refractivity contribution in [3.8, 4) is 11.5 Å². The fraction of sp³-hybridized carbons (Fsp3) is 0.421. The molecule has 0 heterocycles. The summed E-state index contributed by atoms with van der Waals surface area (Å²) in [4.78, 5) is 11.1. The highest BCUT2D eigenvalue weighted by atomic mass is 35.5. The number of allylic oxidation sites excluding steroid dienone is 3. The first-order chi connectivity index (χ1) is 11.2. The van der Waals surface area contributed by atoms with Crippen LogP contribution in [0.5, 0.6) is 11.5 Å². The number of aromatic hydroxyl groups is 2. The number of aliphatic hydroxyl groups excluding tert-OH is 1. The summed E-state index contributed by atoms with van der Waals surface area (Å²) in [5.74, 6) is -0.413. The van der Waals surface area contributed by atoms with Crippen LogP contribution in [-0.2, 0) is 6.42 Å². The molecule has 24 heavy (non-hydrogen) atoms. The van der Waals surface area contributed by atoms with Gasteiger partial charge in [-0.2, -0.15) is 0 Å². The largest absolute Gasteiger partial charge is 0.507 e. The van der Waals surface area contributed by atoms with Gasteiger partial charge in [-0.05, 0) is 58.1 Å². The summed E-state index contributed by atoms with van der Waals surface area (Å²) >= 11 is 6.03. The van der Waals surface area contributed by atoms with Gasteiger partial charge in [0, 0.05) is 5.56 Å². The SMILES string of the molecule is C/C(=C\Cc1c(O)c(Cl)c(C)c(C=O)c1O)CC/C=C(\C)[C@H](C)O. The van der Waals surface area contributed by atoms with E-state index in [0.29, 0.717) is 11.8 Å². The fourth-order valence-electron chi connectivity index (χ4n) is 2.29. The van der Waals surface area contributed by atoms with Crippen LogP contribution in [0.4, 0.5) is 0 Å². The Labute approximate surface area is 148 Å². The van der Waals surface area contributed by atoms with Crippen molar-refractivity contribution in [2.24, 2.45) is 0 Å². The normalized spacial score (nSPS) is 13.9. The van der Waals surface area contributed by atoms with Crippen molar-refractivity contribution < 1.29 is 20.1 Å². The lowest BCUT2D eigenvalue weighted by atomic mass is 9.99. The van der Waals surface area contributed by atoms with Gasteiger partial charge >= 0.3 is 0 Å². The molecule has 1 aromatic rings. The van der Waals surface area contributed by atoms with E-state index >= 15 is 0 Å². The summed E-state index contributed by atoms with van der Waals surface area (Å²) in [5, 5.41) is 29.8. The Balaban J connectivity index is 2.92. The molecular weight excluding hydrogens is 328 g/mol. The predicted molar refractivity (Wildman–Crippen MR) is 97.0 cm³/mol. The van der Waals surface area contributed by atoms with E-state index in [0.717, 1.165) is 24.0 Å². The molecule has 0 spiro atoms. The molecule has 0 bridgehead atoms. The maximum atomic E-state index is 11.1. The third-order valence-electron chi connectivity index (χ3n) is 4.20. The van der Waals surface area contributed by atoms with Crippen LogP contribution in [0.2, 0.25) is 5.02 Å². The molecule has 1 aromatic carbocycles. The minimum atomic E-state index is -0.445. The second-order valence-corrected chi connectivity index (χ2v) is 6.44. The maximum Gasteiger partial charge on any atom is 0.154 e. The minimum absolute atomic E-state index is 0.0893. The topological polar surface area (TPSA) is 77.8 Å². The minimum Gasteiger partial charge on any atom is -0.507 e. The van der Waals surface area contributed by atoms with Gasteiger partial charge in [0.05, 0.1) is 16.7 Å². The van der Waals surface area contributed by atoms with E-state index in [-0.39, 0.29) is 34.1 Å². The van der Waals surface area contributed by atoms with Crippen LogP contribution in [0.1, 0.15) is 55.1 Å². The molecule has 0 aliphatic rings. The van der Waals surface area contributed by atoms with E-state index in [9.17, 15) is 20.1 Å². The highest BCUT2D eigenvalue weighted by molar-refractivity contribution is 6.33. The molecule has 0 aliphatic carbocycles. The number of carbonyl (C=O) groups is 1. The summed E-state index contributed by atoms with van der Waals surface area (Å²) in [7, 11) is 0. The van der Waals surface area contributed by atoms with Crippen LogP contribution < -0.4 is 0 Å². The third kappa shape index (κ3) is 4.86. The number of hydrogen-bond donors (Lipinski definition) is 3. The first kappa shape index (κ1) is 20.3. The quantitative estimate of drug-likeness (QED) is 0.500. The zero-order valence-corrected chi connectivity index (χ0v) is 15.3. The van der Waals surface area contributed by atoms with E-state index in [1.54, 1.807) is 13.8 Å². The van der Waals surface area contributed by atoms with Gasteiger partial charge < -0.3 is 15.3 Å². The molecule has 1 rings (SSSR count). The number of phenolic OH excluding ortho intramolecular Hbond substituents is 2. The monoisotopic (exact) mass is 352 g/mol. The number of halogens is 1. The van der Waals surface area contributed by atoms with Crippen LogP contribution in [-0.4, -0.2) is 27.7 Å². The number of carbonyl (C=O) groups excluding carboxylic acids is 1. The van der Waals surface area contributed by atoms with Crippen molar-refractivity contribution in [3.63, 3.8) is 0 Å². The first-order valence-corrected chi connectivity index (χ1v) is 8.26. The van der Waals surface area contributed by atoms with Crippen molar-refractivity contribution in [1.29, 1.82) is 0 Å². The van der Waals surface area contributed by atoms with Crippen molar-refractivity contribution in [2.45, 2.75) is 53.1 Å². The summed E-state index contributed by atoms with van der Waals surface area (Å²) < 4.78 is 0. The number of aliphatic hydroxyl groups is 1. The van der Waals surface area contributed by atoms with Crippen molar-refractivity contribution in [1.82, 2.24) is 0 Å². The van der Waals surface area contributed by atoms with Gasteiger partial charge in [-0.1, -0.05) is 29.3 Å². The van der Waals surface area contributed by atoms with Crippen LogP contribution in [0.15, 0.2) is 23.3 Å². The average Bonchev–Trinajstić information content (AvgIpc) is 2.53. The molecule has 4 nitrogen and oxygen atoms in total. The van der Waals surface area contributed by atoms with Crippen LogP contribution >= 0.6 is 11.6 Å². The van der Waals surface area contributed by atoms with Gasteiger partial charge in [-0.25, -0.2) is 0 Å². The fourth-order valence-corrected chi connectivity index (χ4v) is 2.51. The molecule has 1 atom stereocenters. The molecule has 0 saturated heterocycles. The zero-order valence-electron chi connectivity index (χ0n) is 14.6. The van der Waals surface area contributed by atoms with Crippen LogP contribution in [0.3, 0.4) is 0 Å². The Kier molecular flexibility index (Phi) is 7.52. The van der Waals surface area contributed by atoms with E-state index in [2.05, 4.69) is 0 Å². The Morgan fingerprint density at radius 1 is 1.21 bits per heavy atom. The molecule has 3 N–H and O–H groups in total. The van der Waals surface area contributed by atoms with E-state index in [1.807, 2.05) is 26.0 Å². The molecule has 0 radical (unpaired) electrons. The molecule has 5 heteroatoms. The summed E-state index contributed by atoms with van der Waals surface area (Å²) in [6, 6.07) is 0. The highest BCUT2D eigenvalue weighted by Crippen LogP contribution is 2.40. The molecule has 0 aromatic heterocycles. The van der Waals surface area contributed by atoms with Gasteiger partial charge in [0.1, 0.15) is 11.5 Å².